The molecule has 3 aromatic rings. The summed E-state index contributed by atoms with van der Waals surface area (Å²) in [7, 11) is -2.23. The van der Waals surface area contributed by atoms with Gasteiger partial charge in [0.15, 0.2) is 8.32 Å². The van der Waals surface area contributed by atoms with Gasteiger partial charge in [-0.3, -0.25) is 24.0 Å². The van der Waals surface area contributed by atoms with Gasteiger partial charge in [-0.2, -0.15) is 0 Å². The molecule has 0 saturated heterocycles. The Morgan fingerprint density at radius 1 is 1.06 bits per heavy atom. The number of aromatic amines is 1. The van der Waals surface area contributed by atoms with Crippen molar-refractivity contribution >= 4 is 48.8 Å². The van der Waals surface area contributed by atoms with E-state index in [1.165, 1.54) is 0 Å². The van der Waals surface area contributed by atoms with Gasteiger partial charge in [0.1, 0.15) is 24.3 Å². The van der Waals surface area contributed by atoms with Crippen LogP contribution in [0.5, 0.6) is 0 Å². The van der Waals surface area contributed by atoms with Crippen molar-refractivity contribution in [3.63, 3.8) is 0 Å². The highest BCUT2D eigenvalue weighted by molar-refractivity contribution is 6.69. The Kier molecular flexibility index (Phi) is 14.4. The average Bonchev–Trinajstić information content (AvgIpc) is 3.53. The molecule has 0 fully saturated rings. The summed E-state index contributed by atoms with van der Waals surface area (Å²) < 4.78 is 0. The van der Waals surface area contributed by atoms with Gasteiger partial charge in [-0.25, -0.2) is 9.78 Å². The summed E-state index contributed by atoms with van der Waals surface area (Å²) in [6.45, 7) is 3.57. The molecule has 4 atom stereocenters. The molecule has 1 aromatic heterocycles. The van der Waals surface area contributed by atoms with Gasteiger partial charge in [0.25, 0.3) is 11.5 Å². The number of aliphatic hydroxyl groups is 1. The number of carbonyl (C=O) groups excluding carboxylic acids is 3. The third-order valence-electron chi connectivity index (χ3n) is 9.86. The second-order valence-corrected chi connectivity index (χ2v) is 18.6. The Balaban J connectivity index is 1.34. The molecule has 15 heteroatoms. The summed E-state index contributed by atoms with van der Waals surface area (Å²) in [4.78, 5) is 91.4. The Morgan fingerprint density at radius 2 is 1.78 bits per heavy atom. The zero-order chi connectivity index (χ0) is 39.6. The number of hydrogen-bond acceptors (Lipinski definition) is 9. The number of ketones is 1. The van der Waals surface area contributed by atoms with Crippen molar-refractivity contribution < 1.29 is 44.1 Å². The van der Waals surface area contributed by atoms with Crippen molar-refractivity contribution in [3.8, 4) is 12.3 Å². The molecule has 2 amide bonds. The van der Waals surface area contributed by atoms with Crippen LogP contribution in [0.1, 0.15) is 96.1 Å². The molecule has 0 radical (unpaired) electrons. The van der Waals surface area contributed by atoms with Crippen LogP contribution in [0.25, 0.3) is 10.9 Å². The second-order valence-electron chi connectivity index (χ2n) is 14.5. The summed E-state index contributed by atoms with van der Waals surface area (Å²) in [6.07, 6.45) is 7.20. The Labute approximate surface area is 313 Å². The highest BCUT2D eigenvalue weighted by atomic mass is 28.4. The fourth-order valence-corrected chi connectivity index (χ4v) is 7.99. The molecule has 1 aliphatic carbocycles. The first-order valence-corrected chi connectivity index (χ1v) is 21.2. The molecule has 1 aliphatic rings. The largest absolute Gasteiger partial charge is 0.481 e. The predicted molar refractivity (Wildman–Crippen MR) is 202 cm³/mol. The Morgan fingerprint density at radius 3 is 2.41 bits per heavy atom. The van der Waals surface area contributed by atoms with Crippen LogP contribution in [-0.4, -0.2) is 80.5 Å². The zero-order valence-corrected chi connectivity index (χ0v) is 31.5. The van der Waals surface area contributed by atoms with E-state index in [-0.39, 0.29) is 73.4 Å². The lowest BCUT2D eigenvalue weighted by molar-refractivity contribution is -0.144. The number of rotatable bonds is 20. The van der Waals surface area contributed by atoms with Gasteiger partial charge in [0.05, 0.1) is 16.8 Å². The first-order chi connectivity index (χ1) is 25.6. The number of Topliss-reactive ketones (excluding diaryl/α,β-unsaturated/α-hetero) is 1. The number of carboxylic acid groups (broad SMARTS) is 2. The number of aliphatic carboxylic acids is 2. The van der Waals surface area contributed by atoms with Crippen molar-refractivity contribution in [1.82, 2.24) is 20.6 Å². The molecule has 288 valence electrons. The maximum atomic E-state index is 13.1. The molecular weight excluding hydrogens is 713 g/mol. The van der Waals surface area contributed by atoms with E-state index in [9.17, 15) is 48.9 Å². The molecule has 1 heterocycles. The van der Waals surface area contributed by atoms with Gasteiger partial charge in [-0.15, -0.1) is 12.3 Å². The minimum Gasteiger partial charge on any atom is -0.481 e. The Bertz CT molecular complexity index is 1970. The lowest BCUT2D eigenvalue weighted by atomic mass is 9.80. The molecule has 7 N–H and O–H groups in total. The average molecular weight is 761 g/mol. The number of aryl methyl sites for hydroxylation is 1. The van der Waals surface area contributed by atoms with Gasteiger partial charge in [-0.05, 0) is 98.1 Å². The van der Waals surface area contributed by atoms with Crippen LogP contribution in [0, 0.1) is 18.3 Å². The van der Waals surface area contributed by atoms with Gasteiger partial charge in [-0.1, -0.05) is 12.1 Å². The summed E-state index contributed by atoms with van der Waals surface area (Å²) in [6, 6.07) is 9.59. The van der Waals surface area contributed by atoms with E-state index in [4.69, 9.17) is 6.42 Å². The number of aromatic nitrogens is 2. The summed E-state index contributed by atoms with van der Waals surface area (Å²) in [5.41, 5.74) is 3.25. The molecular formula is C39H48N4O10Si. The van der Waals surface area contributed by atoms with Gasteiger partial charge in [0.2, 0.25) is 5.91 Å². The number of nitrogens with one attached hydrogen (secondary N) is 3. The number of aliphatic hydroxyl groups excluding tert-OH is 1. The molecule has 1 unspecified atom stereocenters. The maximum Gasteiger partial charge on any atom is 0.326 e. The maximum absolute atomic E-state index is 13.1. The second kappa shape index (κ2) is 18.7. The smallest absolute Gasteiger partial charge is 0.326 e. The quantitative estimate of drug-likeness (QED) is 0.0501. The normalized spacial score (nSPS) is 15.4. The number of benzene rings is 2. The number of amides is 2. The number of carboxylic acids is 2. The summed E-state index contributed by atoms with van der Waals surface area (Å²) in [5, 5.41) is 34.4. The van der Waals surface area contributed by atoms with Crippen molar-refractivity contribution in [1.29, 1.82) is 0 Å². The van der Waals surface area contributed by atoms with E-state index in [1.807, 2.05) is 12.1 Å². The van der Waals surface area contributed by atoms with Crippen molar-refractivity contribution in [2.45, 2.75) is 101 Å². The first-order valence-electron chi connectivity index (χ1n) is 18.1. The fraction of sp³-hybridized carbons (Fsp3) is 0.462. The molecule has 2 aromatic carbocycles. The number of H-pyrrole nitrogens is 1. The standard InChI is InChI=1S/C39H48N4O10Si/c1-4-6-28(29-14-11-25-20-33-31(21-30(25)29)37(48)43-34(22-44)41-33)23-7-9-24(10-8-23)36(47)42-32(39(51)52)15-13-27(45)19-26(38(49)50)12-16-35(46)40-17-5-18-54(2,3)53/h1,7-10,20-21,26,28-29,32,44,53H,5-6,11-19,22H2,2-3H3,(H,40,46)(H,42,47)(H,49,50)(H,51,52)(H,41,43,48)/t26-,28?,29+,32-/m0/s1. The van der Waals surface area contributed by atoms with Crippen molar-refractivity contribution in [3.05, 3.63) is 74.8 Å². The number of nitrogens with zero attached hydrogens (tertiary/aromatic N) is 1. The lowest BCUT2D eigenvalue weighted by Crippen LogP contribution is -2.41. The number of carbonyl (C=O) groups is 5. The van der Waals surface area contributed by atoms with E-state index >= 15 is 0 Å². The molecule has 0 bridgehead atoms. The number of terminal acetylenes is 1. The van der Waals surface area contributed by atoms with Crippen LogP contribution in [0.2, 0.25) is 19.1 Å². The van der Waals surface area contributed by atoms with Crippen LogP contribution in [-0.2, 0) is 32.2 Å². The summed E-state index contributed by atoms with van der Waals surface area (Å²) >= 11 is 0. The van der Waals surface area contributed by atoms with E-state index in [2.05, 4.69) is 26.5 Å². The van der Waals surface area contributed by atoms with Crippen LogP contribution < -0.4 is 16.2 Å². The lowest BCUT2D eigenvalue weighted by Gasteiger charge is -2.24. The third kappa shape index (κ3) is 11.4. The SMILES string of the molecule is C#CCC(c1ccc(C(=O)N[C@@H](CCC(=O)C[C@H](CCC(=O)NCCC[Si](C)(C)O)C(=O)O)C(=O)O)cc1)[C@H]1CCc2cc3nc(CO)[nH]c(=O)c3cc21. The predicted octanol–water partition coefficient (Wildman–Crippen LogP) is 3.36. The van der Waals surface area contributed by atoms with Crippen molar-refractivity contribution in [2.75, 3.05) is 6.54 Å². The van der Waals surface area contributed by atoms with Crippen LogP contribution in [0.4, 0.5) is 0 Å². The molecule has 0 saturated carbocycles. The van der Waals surface area contributed by atoms with E-state index in [0.717, 1.165) is 29.5 Å². The van der Waals surface area contributed by atoms with Crippen LogP contribution in [0.3, 0.4) is 0 Å². The molecule has 4 rings (SSSR count). The van der Waals surface area contributed by atoms with Crippen LogP contribution >= 0.6 is 0 Å². The van der Waals surface area contributed by atoms with Gasteiger partial charge >= 0.3 is 11.9 Å². The minimum atomic E-state index is -2.23. The minimum absolute atomic E-state index is 0.0136. The fourth-order valence-electron chi connectivity index (χ4n) is 6.95. The molecule has 0 spiro atoms. The number of hydrogen-bond donors (Lipinski definition) is 7. The highest BCUT2D eigenvalue weighted by Crippen LogP contribution is 2.45. The highest BCUT2D eigenvalue weighted by Gasteiger charge is 2.32. The molecule has 14 nitrogen and oxygen atoms in total. The van der Waals surface area contributed by atoms with Crippen LogP contribution in [0.15, 0.2) is 41.2 Å². The third-order valence-corrected chi connectivity index (χ3v) is 11.4. The van der Waals surface area contributed by atoms with E-state index in [0.29, 0.717) is 36.3 Å². The van der Waals surface area contributed by atoms with Crippen molar-refractivity contribution in [2.24, 2.45) is 5.92 Å². The van der Waals surface area contributed by atoms with E-state index < -0.39 is 43.9 Å². The topological polar surface area (TPSA) is 236 Å². The monoisotopic (exact) mass is 760 g/mol. The van der Waals surface area contributed by atoms with Gasteiger partial charge in [0, 0.05) is 43.7 Å². The van der Waals surface area contributed by atoms with Gasteiger partial charge < -0.3 is 35.7 Å². The first kappa shape index (κ1) is 41.6. The molecule has 0 aliphatic heterocycles. The Hall–Kier alpha value is -5.17. The summed E-state index contributed by atoms with van der Waals surface area (Å²) in [5.74, 6) is -2.46. The van der Waals surface area contributed by atoms with E-state index in [1.54, 1.807) is 37.4 Å². The molecule has 54 heavy (non-hydrogen) atoms. The zero-order valence-electron chi connectivity index (χ0n) is 30.5. The number of fused-ring (bicyclic) bond motifs is 2.